The minimum atomic E-state index is -0.828. The van der Waals surface area contributed by atoms with Crippen molar-refractivity contribution in [3.05, 3.63) is 23.8 Å². The van der Waals surface area contributed by atoms with Crippen LogP contribution in [0, 0.1) is 12.8 Å². The van der Waals surface area contributed by atoms with Gasteiger partial charge in [-0.2, -0.15) is 0 Å². The molecule has 1 heterocycles. The van der Waals surface area contributed by atoms with Gasteiger partial charge in [-0.05, 0) is 56.2 Å². The highest BCUT2D eigenvalue weighted by atomic mass is 16.5. The molecule has 0 aromatic heterocycles. The van der Waals surface area contributed by atoms with E-state index in [1.165, 1.54) is 7.11 Å². The zero-order valence-electron chi connectivity index (χ0n) is 15.4. The van der Waals surface area contributed by atoms with E-state index < -0.39 is 17.5 Å². The highest BCUT2D eigenvalue weighted by Crippen LogP contribution is 2.36. The summed E-state index contributed by atoms with van der Waals surface area (Å²) >= 11 is 0. The molecule has 1 aromatic rings. The molecule has 0 atom stereocenters. The molecule has 1 spiro atoms. The Balaban J connectivity index is 1.69. The Kier molecular flexibility index (Phi) is 4.89. The van der Waals surface area contributed by atoms with Crippen molar-refractivity contribution in [3.63, 3.8) is 0 Å². The molecular weight excluding hydrogens is 334 g/mol. The molecule has 1 saturated heterocycles. The van der Waals surface area contributed by atoms with Gasteiger partial charge in [0, 0.05) is 0 Å². The fraction of sp³-hybridized carbons (Fsp3) is 0.526. The predicted octanol–water partition coefficient (Wildman–Crippen LogP) is 2.44. The minimum absolute atomic E-state index is 0.291. The summed E-state index contributed by atoms with van der Waals surface area (Å²) < 4.78 is 5.24. The second-order valence-corrected chi connectivity index (χ2v) is 7.34. The number of carbonyl (C=O) groups excluding carboxylic acids is 3. The minimum Gasteiger partial charge on any atom is -0.495 e. The molecule has 4 amide bonds. The number of imide groups is 1. The molecule has 1 aliphatic heterocycles. The van der Waals surface area contributed by atoms with E-state index >= 15 is 0 Å². The number of rotatable bonds is 4. The van der Waals surface area contributed by atoms with Gasteiger partial charge < -0.3 is 15.4 Å². The van der Waals surface area contributed by atoms with E-state index in [0.717, 1.165) is 23.3 Å². The Bertz CT molecular complexity index is 738. The van der Waals surface area contributed by atoms with Crippen molar-refractivity contribution in [2.24, 2.45) is 5.92 Å². The first-order valence-corrected chi connectivity index (χ1v) is 8.93. The third kappa shape index (κ3) is 3.38. The molecule has 1 aromatic carbocycles. The highest BCUT2D eigenvalue weighted by Gasteiger charge is 2.52. The fourth-order valence-corrected chi connectivity index (χ4v) is 3.67. The summed E-state index contributed by atoms with van der Waals surface area (Å²) in [6, 6.07) is 4.93. The molecule has 7 nitrogen and oxygen atoms in total. The maximum atomic E-state index is 12.8. The summed E-state index contributed by atoms with van der Waals surface area (Å²) in [7, 11) is 1.52. The van der Waals surface area contributed by atoms with Crippen LogP contribution < -0.4 is 15.4 Å². The maximum absolute atomic E-state index is 12.8. The third-order valence-corrected chi connectivity index (χ3v) is 5.30. The molecule has 2 fully saturated rings. The summed E-state index contributed by atoms with van der Waals surface area (Å²) in [5.74, 6) is 0.356. The van der Waals surface area contributed by atoms with Crippen LogP contribution in [0.4, 0.5) is 10.5 Å². The van der Waals surface area contributed by atoms with Crippen molar-refractivity contribution < 1.29 is 19.1 Å². The summed E-state index contributed by atoms with van der Waals surface area (Å²) in [4.78, 5) is 38.5. The standard InChI is InChI=1S/C19H25N3O4/c1-12-6-8-19(9-7-12)17(24)22(18(25)21-19)11-16(23)20-14-10-13(2)4-5-15(14)26-3/h4-5,10,12H,6-9,11H2,1-3H3,(H,20,23)(H,21,25). The molecule has 26 heavy (non-hydrogen) atoms. The van der Waals surface area contributed by atoms with Gasteiger partial charge in [0.1, 0.15) is 17.8 Å². The summed E-state index contributed by atoms with van der Waals surface area (Å²) in [6.45, 7) is 3.74. The van der Waals surface area contributed by atoms with E-state index in [0.29, 0.717) is 30.2 Å². The predicted molar refractivity (Wildman–Crippen MR) is 97.0 cm³/mol. The van der Waals surface area contributed by atoms with E-state index in [9.17, 15) is 14.4 Å². The van der Waals surface area contributed by atoms with Crippen LogP contribution in [-0.4, -0.2) is 41.9 Å². The number of hydrogen-bond donors (Lipinski definition) is 2. The number of amides is 4. The van der Waals surface area contributed by atoms with Crippen molar-refractivity contribution >= 4 is 23.5 Å². The SMILES string of the molecule is COc1ccc(C)cc1NC(=O)CN1C(=O)NC2(CCC(C)CC2)C1=O. The lowest BCUT2D eigenvalue weighted by atomic mass is 9.77. The highest BCUT2D eigenvalue weighted by molar-refractivity contribution is 6.10. The Morgan fingerprint density at radius 3 is 2.69 bits per heavy atom. The van der Waals surface area contributed by atoms with Crippen LogP contribution in [0.3, 0.4) is 0 Å². The normalized spacial score (nSPS) is 25.3. The molecule has 3 rings (SSSR count). The van der Waals surface area contributed by atoms with Crippen LogP contribution >= 0.6 is 0 Å². The largest absolute Gasteiger partial charge is 0.495 e. The van der Waals surface area contributed by atoms with Crippen LogP contribution in [0.5, 0.6) is 5.75 Å². The zero-order chi connectivity index (χ0) is 18.9. The molecule has 2 N–H and O–H groups in total. The first-order valence-electron chi connectivity index (χ1n) is 8.93. The van der Waals surface area contributed by atoms with Crippen LogP contribution in [-0.2, 0) is 9.59 Å². The number of methoxy groups -OCH3 is 1. The number of ether oxygens (including phenoxy) is 1. The molecule has 140 valence electrons. The van der Waals surface area contributed by atoms with Crippen LogP contribution in [0.15, 0.2) is 18.2 Å². The topological polar surface area (TPSA) is 87.7 Å². The van der Waals surface area contributed by atoms with Crippen LogP contribution in [0.25, 0.3) is 0 Å². The third-order valence-electron chi connectivity index (χ3n) is 5.30. The maximum Gasteiger partial charge on any atom is 0.325 e. The molecule has 2 aliphatic rings. The number of anilines is 1. The number of urea groups is 1. The van der Waals surface area contributed by atoms with Gasteiger partial charge in [-0.25, -0.2) is 4.79 Å². The smallest absolute Gasteiger partial charge is 0.325 e. The Morgan fingerprint density at radius 1 is 1.35 bits per heavy atom. The quantitative estimate of drug-likeness (QED) is 0.809. The van der Waals surface area contributed by atoms with Gasteiger partial charge in [0.05, 0.1) is 12.8 Å². The van der Waals surface area contributed by atoms with E-state index in [1.807, 2.05) is 13.0 Å². The lowest BCUT2D eigenvalue weighted by molar-refractivity contribution is -0.135. The summed E-state index contributed by atoms with van der Waals surface area (Å²) in [5.41, 5.74) is 0.655. The van der Waals surface area contributed by atoms with E-state index in [2.05, 4.69) is 17.6 Å². The van der Waals surface area contributed by atoms with Gasteiger partial charge in [-0.15, -0.1) is 0 Å². The van der Waals surface area contributed by atoms with Gasteiger partial charge in [0.2, 0.25) is 5.91 Å². The first kappa shape index (κ1) is 18.2. The van der Waals surface area contributed by atoms with Gasteiger partial charge in [-0.1, -0.05) is 13.0 Å². The number of carbonyl (C=O) groups is 3. The fourth-order valence-electron chi connectivity index (χ4n) is 3.67. The van der Waals surface area contributed by atoms with Crippen molar-refractivity contribution in [3.8, 4) is 5.75 Å². The number of hydrogen-bond acceptors (Lipinski definition) is 4. The number of nitrogens with zero attached hydrogens (tertiary/aromatic N) is 1. The molecule has 0 bridgehead atoms. The molecule has 7 heteroatoms. The lowest BCUT2D eigenvalue weighted by Gasteiger charge is -2.33. The van der Waals surface area contributed by atoms with Crippen molar-refractivity contribution in [2.75, 3.05) is 19.0 Å². The monoisotopic (exact) mass is 359 g/mol. The van der Waals surface area contributed by atoms with Gasteiger partial charge >= 0.3 is 6.03 Å². The average Bonchev–Trinajstić information content (AvgIpc) is 2.82. The van der Waals surface area contributed by atoms with Gasteiger partial charge in [0.25, 0.3) is 5.91 Å². The van der Waals surface area contributed by atoms with Gasteiger partial charge in [0.15, 0.2) is 0 Å². The number of benzene rings is 1. The Hall–Kier alpha value is -2.57. The molecule has 0 unspecified atom stereocenters. The van der Waals surface area contributed by atoms with Gasteiger partial charge in [-0.3, -0.25) is 14.5 Å². The van der Waals surface area contributed by atoms with E-state index in [1.54, 1.807) is 12.1 Å². The van der Waals surface area contributed by atoms with E-state index in [4.69, 9.17) is 4.74 Å². The average molecular weight is 359 g/mol. The zero-order valence-corrected chi connectivity index (χ0v) is 15.4. The molecular formula is C19H25N3O4. The second-order valence-electron chi connectivity index (χ2n) is 7.34. The van der Waals surface area contributed by atoms with E-state index in [-0.39, 0.29) is 12.5 Å². The summed E-state index contributed by atoms with van der Waals surface area (Å²) in [6.07, 6.45) is 3.05. The molecule has 1 saturated carbocycles. The number of nitrogens with one attached hydrogen (secondary N) is 2. The first-order chi connectivity index (χ1) is 12.3. The van der Waals surface area contributed by atoms with Crippen molar-refractivity contribution in [2.45, 2.75) is 45.1 Å². The lowest BCUT2D eigenvalue weighted by Crippen LogP contribution is -2.49. The second kappa shape index (κ2) is 6.97. The van der Waals surface area contributed by atoms with Crippen LogP contribution in [0.1, 0.15) is 38.2 Å². The van der Waals surface area contributed by atoms with Crippen LogP contribution in [0.2, 0.25) is 0 Å². The Morgan fingerprint density at radius 2 is 2.04 bits per heavy atom. The Labute approximate surface area is 153 Å². The number of aryl methyl sites for hydroxylation is 1. The molecule has 0 radical (unpaired) electrons. The molecule has 1 aliphatic carbocycles. The van der Waals surface area contributed by atoms with Crippen molar-refractivity contribution in [1.82, 2.24) is 10.2 Å². The summed E-state index contributed by atoms with van der Waals surface area (Å²) in [5, 5.41) is 5.55. The van der Waals surface area contributed by atoms with Crippen molar-refractivity contribution in [1.29, 1.82) is 0 Å².